The summed E-state index contributed by atoms with van der Waals surface area (Å²) in [5, 5.41) is 13.6. The number of rotatable bonds is 6. The van der Waals surface area contributed by atoms with Crippen molar-refractivity contribution in [2.24, 2.45) is 0 Å². The van der Waals surface area contributed by atoms with Gasteiger partial charge in [0.1, 0.15) is 0 Å². The predicted molar refractivity (Wildman–Crippen MR) is 73.3 cm³/mol. The average molecular weight is 301 g/mol. The normalized spacial score (nSPS) is 10.8. The molecule has 1 aromatic carbocycles. The molecule has 0 saturated heterocycles. The highest BCUT2D eigenvalue weighted by molar-refractivity contribution is 7.88. The first-order chi connectivity index (χ1) is 9.28. The Balaban J connectivity index is 2.37. The van der Waals surface area contributed by atoms with Crippen LogP contribution < -0.4 is 15.4 Å². The minimum absolute atomic E-state index is 0.0875. The van der Waals surface area contributed by atoms with E-state index in [0.29, 0.717) is 5.69 Å². The highest BCUT2D eigenvalue weighted by Crippen LogP contribution is 2.09. The largest absolute Gasteiger partial charge is 0.478 e. The minimum Gasteiger partial charge on any atom is -0.478 e. The summed E-state index contributed by atoms with van der Waals surface area (Å²) in [5.74, 6) is -1.05. The van der Waals surface area contributed by atoms with Crippen LogP contribution in [0.1, 0.15) is 10.4 Å². The summed E-state index contributed by atoms with van der Waals surface area (Å²) in [7, 11) is -3.27. The number of carboxylic acid groups (broad SMARTS) is 1. The second-order valence-electron chi connectivity index (χ2n) is 3.93. The van der Waals surface area contributed by atoms with Gasteiger partial charge < -0.3 is 15.7 Å². The molecule has 0 spiro atoms. The number of sulfonamides is 1. The zero-order valence-electron chi connectivity index (χ0n) is 10.7. The van der Waals surface area contributed by atoms with Gasteiger partial charge in [-0.2, -0.15) is 0 Å². The van der Waals surface area contributed by atoms with Crippen LogP contribution in [0.3, 0.4) is 0 Å². The molecule has 20 heavy (non-hydrogen) atoms. The first kappa shape index (κ1) is 15.9. The Morgan fingerprint density at radius 2 is 1.75 bits per heavy atom. The van der Waals surface area contributed by atoms with Gasteiger partial charge in [0.05, 0.1) is 11.8 Å². The molecule has 1 aromatic rings. The Bertz CT molecular complexity index is 583. The fourth-order valence-corrected chi connectivity index (χ4v) is 1.76. The van der Waals surface area contributed by atoms with Crippen molar-refractivity contribution in [3.63, 3.8) is 0 Å². The molecule has 0 aliphatic rings. The number of anilines is 1. The van der Waals surface area contributed by atoms with Gasteiger partial charge >= 0.3 is 12.0 Å². The maximum Gasteiger partial charge on any atom is 0.335 e. The van der Waals surface area contributed by atoms with Crippen LogP contribution in [-0.4, -0.2) is 44.9 Å². The van der Waals surface area contributed by atoms with Crippen molar-refractivity contribution in [3.8, 4) is 0 Å². The zero-order valence-corrected chi connectivity index (χ0v) is 11.5. The SMILES string of the molecule is CS(=O)(=O)NCCNC(=O)Nc1ccc(C(=O)O)cc1. The fourth-order valence-electron chi connectivity index (χ4n) is 1.28. The number of hydrogen-bond donors (Lipinski definition) is 4. The van der Waals surface area contributed by atoms with Gasteiger partial charge in [0.15, 0.2) is 0 Å². The Hall–Kier alpha value is -2.13. The number of urea groups is 1. The summed E-state index contributed by atoms with van der Waals surface area (Å²) in [6.07, 6.45) is 1.02. The van der Waals surface area contributed by atoms with Gasteiger partial charge in [0, 0.05) is 18.8 Å². The number of hydrogen-bond acceptors (Lipinski definition) is 4. The van der Waals surface area contributed by atoms with Crippen LogP contribution in [0.4, 0.5) is 10.5 Å². The number of benzene rings is 1. The molecular formula is C11H15N3O5S. The van der Waals surface area contributed by atoms with E-state index in [-0.39, 0.29) is 18.7 Å². The third-order valence-corrected chi connectivity index (χ3v) is 2.89. The predicted octanol–water partition coefficient (Wildman–Crippen LogP) is 0.0555. The molecule has 9 heteroatoms. The van der Waals surface area contributed by atoms with Crippen molar-refractivity contribution in [3.05, 3.63) is 29.8 Å². The fraction of sp³-hybridized carbons (Fsp3) is 0.273. The van der Waals surface area contributed by atoms with Crippen LogP contribution in [0, 0.1) is 0 Å². The molecule has 0 heterocycles. The van der Waals surface area contributed by atoms with E-state index >= 15 is 0 Å². The van der Waals surface area contributed by atoms with Gasteiger partial charge in [0.2, 0.25) is 10.0 Å². The van der Waals surface area contributed by atoms with Crippen molar-refractivity contribution in [1.29, 1.82) is 0 Å². The van der Waals surface area contributed by atoms with Gasteiger partial charge in [-0.1, -0.05) is 0 Å². The van der Waals surface area contributed by atoms with Crippen LogP contribution >= 0.6 is 0 Å². The molecule has 4 N–H and O–H groups in total. The summed E-state index contributed by atoms with van der Waals surface area (Å²) in [6, 6.07) is 5.13. The number of amides is 2. The molecule has 0 saturated carbocycles. The minimum atomic E-state index is -3.27. The van der Waals surface area contributed by atoms with E-state index in [1.165, 1.54) is 24.3 Å². The second kappa shape index (κ2) is 6.87. The van der Waals surface area contributed by atoms with Crippen LogP contribution in [0.15, 0.2) is 24.3 Å². The van der Waals surface area contributed by atoms with Crippen molar-refractivity contribution < 1.29 is 23.1 Å². The molecular weight excluding hydrogens is 286 g/mol. The Labute approximate surface area is 116 Å². The molecule has 0 aliphatic carbocycles. The summed E-state index contributed by atoms with van der Waals surface area (Å²) in [4.78, 5) is 22.1. The summed E-state index contributed by atoms with van der Waals surface area (Å²) >= 11 is 0. The van der Waals surface area contributed by atoms with Crippen LogP contribution in [0.25, 0.3) is 0 Å². The average Bonchev–Trinajstić information content (AvgIpc) is 2.34. The maximum absolute atomic E-state index is 11.4. The van der Waals surface area contributed by atoms with E-state index in [1.54, 1.807) is 0 Å². The molecule has 0 radical (unpaired) electrons. The van der Waals surface area contributed by atoms with Gasteiger partial charge in [-0.3, -0.25) is 0 Å². The van der Waals surface area contributed by atoms with E-state index in [4.69, 9.17) is 5.11 Å². The molecule has 1 rings (SSSR count). The van der Waals surface area contributed by atoms with E-state index < -0.39 is 22.0 Å². The summed E-state index contributed by atoms with van der Waals surface area (Å²) in [6.45, 7) is 0.219. The number of carbonyl (C=O) groups is 2. The number of carbonyl (C=O) groups excluding carboxylic acids is 1. The van der Waals surface area contributed by atoms with Crippen LogP contribution in [0.2, 0.25) is 0 Å². The molecule has 0 aromatic heterocycles. The number of aromatic carboxylic acids is 1. The highest BCUT2D eigenvalue weighted by atomic mass is 32.2. The van der Waals surface area contributed by atoms with Crippen LogP contribution in [-0.2, 0) is 10.0 Å². The lowest BCUT2D eigenvalue weighted by Gasteiger charge is -2.08. The first-order valence-electron chi connectivity index (χ1n) is 5.61. The Kier molecular flexibility index (Phi) is 5.47. The molecule has 0 aliphatic heterocycles. The second-order valence-corrected chi connectivity index (χ2v) is 5.76. The molecule has 2 amide bonds. The lowest BCUT2D eigenvalue weighted by molar-refractivity contribution is 0.0697. The third-order valence-electron chi connectivity index (χ3n) is 2.16. The molecule has 110 valence electrons. The van der Waals surface area contributed by atoms with E-state index in [1.807, 2.05) is 0 Å². The quantitative estimate of drug-likeness (QED) is 0.553. The standard InChI is InChI=1S/C11H15N3O5S/c1-20(18,19)13-7-6-12-11(17)14-9-4-2-8(3-5-9)10(15)16/h2-5,13H,6-7H2,1H3,(H,15,16)(H2,12,14,17). The highest BCUT2D eigenvalue weighted by Gasteiger charge is 2.05. The van der Waals surface area contributed by atoms with Gasteiger partial charge in [0.25, 0.3) is 0 Å². The van der Waals surface area contributed by atoms with Crippen molar-refractivity contribution >= 4 is 27.7 Å². The van der Waals surface area contributed by atoms with E-state index in [0.717, 1.165) is 6.26 Å². The van der Waals surface area contributed by atoms with Crippen molar-refractivity contribution in [1.82, 2.24) is 10.0 Å². The molecule has 0 bridgehead atoms. The van der Waals surface area contributed by atoms with E-state index in [2.05, 4.69) is 15.4 Å². The third kappa shape index (κ3) is 6.16. The molecule has 8 nitrogen and oxygen atoms in total. The Morgan fingerprint density at radius 3 is 2.25 bits per heavy atom. The molecule has 0 atom stereocenters. The first-order valence-corrected chi connectivity index (χ1v) is 7.50. The molecule has 0 unspecified atom stereocenters. The lowest BCUT2D eigenvalue weighted by Crippen LogP contribution is -2.36. The van der Waals surface area contributed by atoms with E-state index in [9.17, 15) is 18.0 Å². The van der Waals surface area contributed by atoms with Crippen molar-refractivity contribution in [2.75, 3.05) is 24.7 Å². The number of nitrogens with one attached hydrogen (secondary N) is 3. The summed E-state index contributed by atoms with van der Waals surface area (Å²) < 4.78 is 23.8. The van der Waals surface area contributed by atoms with Gasteiger partial charge in [-0.05, 0) is 24.3 Å². The smallest absolute Gasteiger partial charge is 0.335 e. The topological polar surface area (TPSA) is 125 Å². The lowest BCUT2D eigenvalue weighted by atomic mass is 10.2. The zero-order chi connectivity index (χ0) is 15.2. The monoisotopic (exact) mass is 301 g/mol. The molecule has 0 fully saturated rings. The van der Waals surface area contributed by atoms with Gasteiger partial charge in [-0.25, -0.2) is 22.7 Å². The number of carboxylic acids is 1. The van der Waals surface area contributed by atoms with Crippen molar-refractivity contribution in [2.45, 2.75) is 0 Å². The van der Waals surface area contributed by atoms with Crippen LogP contribution in [0.5, 0.6) is 0 Å². The summed E-state index contributed by atoms with van der Waals surface area (Å²) in [5.41, 5.74) is 0.553. The Morgan fingerprint density at radius 1 is 1.15 bits per heavy atom. The van der Waals surface area contributed by atoms with Gasteiger partial charge in [-0.15, -0.1) is 0 Å². The maximum atomic E-state index is 11.4.